The van der Waals surface area contributed by atoms with Gasteiger partial charge in [0.25, 0.3) is 0 Å². The number of aliphatic hydroxyl groups is 1. The average Bonchev–Trinajstić information content (AvgIpc) is 2.39. The molecule has 3 N–H and O–H groups in total. The SMILES string of the molecule is CC(C)N1CCN(C2CCCC(N)(CO)C2)CC1. The summed E-state index contributed by atoms with van der Waals surface area (Å²) in [6, 6.07) is 1.25. The van der Waals surface area contributed by atoms with Crippen LogP contribution in [0.3, 0.4) is 0 Å². The molecule has 2 rings (SSSR count). The minimum Gasteiger partial charge on any atom is -0.394 e. The van der Waals surface area contributed by atoms with Crippen molar-refractivity contribution in [2.24, 2.45) is 5.73 Å². The molecule has 1 heterocycles. The summed E-state index contributed by atoms with van der Waals surface area (Å²) in [7, 11) is 0. The molecule has 0 spiro atoms. The molecular weight excluding hydrogens is 226 g/mol. The molecule has 4 nitrogen and oxygen atoms in total. The maximum absolute atomic E-state index is 9.43. The van der Waals surface area contributed by atoms with Gasteiger partial charge in [0, 0.05) is 43.8 Å². The van der Waals surface area contributed by atoms with Crippen molar-refractivity contribution in [3.05, 3.63) is 0 Å². The number of piperazine rings is 1. The van der Waals surface area contributed by atoms with Crippen molar-refractivity contribution < 1.29 is 5.11 Å². The lowest BCUT2D eigenvalue weighted by Crippen LogP contribution is -2.57. The molecule has 2 aliphatic rings. The number of hydrogen-bond donors (Lipinski definition) is 2. The van der Waals surface area contributed by atoms with E-state index in [0.29, 0.717) is 12.1 Å². The Hall–Kier alpha value is -0.160. The molecule has 0 amide bonds. The third kappa shape index (κ3) is 3.23. The van der Waals surface area contributed by atoms with Gasteiger partial charge in [-0.1, -0.05) is 0 Å². The zero-order valence-corrected chi connectivity index (χ0v) is 11.9. The van der Waals surface area contributed by atoms with Crippen LogP contribution in [0.5, 0.6) is 0 Å². The van der Waals surface area contributed by atoms with Crippen molar-refractivity contribution in [2.45, 2.75) is 57.2 Å². The molecule has 106 valence electrons. The van der Waals surface area contributed by atoms with Crippen LogP contribution in [0.1, 0.15) is 39.5 Å². The van der Waals surface area contributed by atoms with Crippen LogP contribution >= 0.6 is 0 Å². The van der Waals surface area contributed by atoms with Crippen LogP contribution in [0.4, 0.5) is 0 Å². The summed E-state index contributed by atoms with van der Waals surface area (Å²) in [5, 5.41) is 9.43. The minimum absolute atomic E-state index is 0.134. The van der Waals surface area contributed by atoms with Crippen LogP contribution in [-0.2, 0) is 0 Å². The van der Waals surface area contributed by atoms with Gasteiger partial charge in [0.2, 0.25) is 0 Å². The predicted molar refractivity (Wildman–Crippen MR) is 74.5 cm³/mol. The normalized spacial score (nSPS) is 36.2. The van der Waals surface area contributed by atoms with E-state index in [-0.39, 0.29) is 12.1 Å². The monoisotopic (exact) mass is 255 g/mol. The smallest absolute Gasteiger partial charge is 0.0611 e. The van der Waals surface area contributed by atoms with Crippen molar-refractivity contribution in [1.82, 2.24) is 9.80 Å². The molecule has 0 bridgehead atoms. The van der Waals surface area contributed by atoms with Crippen LogP contribution < -0.4 is 5.73 Å². The Balaban J connectivity index is 1.86. The van der Waals surface area contributed by atoms with Crippen molar-refractivity contribution >= 4 is 0 Å². The summed E-state index contributed by atoms with van der Waals surface area (Å²) in [6.07, 6.45) is 4.35. The van der Waals surface area contributed by atoms with E-state index in [1.807, 2.05) is 0 Å². The van der Waals surface area contributed by atoms with Gasteiger partial charge in [-0.3, -0.25) is 9.80 Å². The Bertz CT molecular complexity index is 264. The molecule has 0 aromatic rings. The molecule has 18 heavy (non-hydrogen) atoms. The number of aliphatic hydroxyl groups excluding tert-OH is 1. The summed E-state index contributed by atoms with van der Waals surface area (Å²) in [5.41, 5.74) is 5.92. The average molecular weight is 255 g/mol. The standard InChI is InChI=1S/C14H29N3O/c1-12(2)16-6-8-17(9-7-16)13-4-3-5-14(15,10-13)11-18/h12-13,18H,3-11,15H2,1-2H3. The first-order valence-electron chi connectivity index (χ1n) is 7.42. The topological polar surface area (TPSA) is 52.7 Å². The van der Waals surface area contributed by atoms with Gasteiger partial charge in [-0.2, -0.15) is 0 Å². The zero-order valence-electron chi connectivity index (χ0n) is 11.9. The fraction of sp³-hybridized carbons (Fsp3) is 1.00. The van der Waals surface area contributed by atoms with Gasteiger partial charge in [-0.15, -0.1) is 0 Å². The van der Waals surface area contributed by atoms with Crippen LogP contribution in [0.2, 0.25) is 0 Å². The van der Waals surface area contributed by atoms with E-state index in [9.17, 15) is 5.11 Å². The van der Waals surface area contributed by atoms with E-state index in [4.69, 9.17) is 5.73 Å². The summed E-state index contributed by atoms with van der Waals surface area (Å²) in [4.78, 5) is 5.14. The lowest BCUT2D eigenvalue weighted by Gasteiger charge is -2.45. The molecule has 0 radical (unpaired) electrons. The quantitative estimate of drug-likeness (QED) is 0.777. The predicted octanol–water partition coefficient (Wildman–Crippen LogP) is 0.645. The molecule has 2 fully saturated rings. The summed E-state index contributed by atoms with van der Waals surface area (Å²) < 4.78 is 0. The molecule has 0 aromatic heterocycles. The molecule has 0 aromatic carbocycles. The molecular formula is C14H29N3O. The van der Waals surface area contributed by atoms with E-state index in [1.165, 1.54) is 19.5 Å². The summed E-state index contributed by atoms with van der Waals surface area (Å²) >= 11 is 0. The van der Waals surface area contributed by atoms with Crippen LogP contribution in [0.25, 0.3) is 0 Å². The van der Waals surface area contributed by atoms with Gasteiger partial charge >= 0.3 is 0 Å². The highest BCUT2D eigenvalue weighted by molar-refractivity contribution is 4.94. The van der Waals surface area contributed by atoms with Crippen molar-refractivity contribution in [1.29, 1.82) is 0 Å². The van der Waals surface area contributed by atoms with Gasteiger partial charge in [0.15, 0.2) is 0 Å². The van der Waals surface area contributed by atoms with E-state index < -0.39 is 0 Å². The van der Waals surface area contributed by atoms with Gasteiger partial charge in [-0.05, 0) is 39.5 Å². The first-order chi connectivity index (χ1) is 8.54. The van der Waals surface area contributed by atoms with Gasteiger partial charge in [0.1, 0.15) is 0 Å². The molecule has 2 atom stereocenters. The fourth-order valence-electron chi connectivity index (χ4n) is 3.44. The van der Waals surface area contributed by atoms with Gasteiger partial charge in [0.05, 0.1) is 6.61 Å². The Morgan fingerprint density at radius 3 is 2.50 bits per heavy atom. The molecule has 4 heteroatoms. The maximum atomic E-state index is 9.43. The molecule has 1 saturated carbocycles. The van der Waals surface area contributed by atoms with Crippen molar-refractivity contribution in [3.63, 3.8) is 0 Å². The lowest BCUT2D eigenvalue weighted by molar-refractivity contribution is 0.0371. The second-order valence-electron chi connectivity index (χ2n) is 6.44. The van der Waals surface area contributed by atoms with Crippen LogP contribution in [0.15, 0.2) is 0 Å². The van der Waals surface area contributed by atoms with Gasteiger partial charge < -0.3 is 10.8 Å². The highest BCUT2D eigenvalue weighted by atomic mass is 16.3. The second-order valence-corrected chi connectivity index (χ2v) is 6.44. The van der Waals surface area contributed by atoms with Crippen LogP contribution in [0, 0.1) is 0 Å². The number of nitrogens with two attached hydrogens (primary N) is 1. The van der Waals surface area contributed by atoms with Crippen molar-refractivity contribution in [2.75, 3.05) is 32.8 Å². The second kappa shape index (κ2) is 5.87. The largest absolute Gasteiger partial charge is 0.394 e. The Kier molecular flexibility index (Phi) is 4.64. The molecule has 1 aliphatic heterocycles. The van der Waals surface area contributed by atoms with E-state index in [1.54, 1.807) is 0 Å². The number of rotatable bonds is 3. The van der Waals surface area contributed by atoms with E-state index in [2.05, 4.69) is 23.6 Å². The molecule has 2 unspecified atom stereocenters. The molecule has 1 saturated heterocycles. The minimum atomic E-state index is -0.321. The first-order valence-corrected chi connectivity index (χ1v) is 7.42. The van der Waals surface area contributed by atoms with Crippen LogP contribution in [-0.4, -0.2) is 65.3 Å². The Morgan fingerprint density at radius 1 is 1.28 bits per heavy atom. The summed E-state index contributed by atoms with van der Waals surface area (Å²) in [6.45, 7) is 9.33. The zero-order chi connectivity index (χ0) is 13.2. The van der Waals surface area contributed by atoms with E-state index >= 15 is 0 Å². The fourth-order valence-corrected chi connectivity index (χ4v) is 3.44. The van der Waals surface area contributed by atoms with E-state index in [0.717, 1.165) is 32.4 Å². The highest BCUT2D eigenvalue weighted by Crippen LogP contribution is 2.29. The Morgan fingerprint density at radius 2 is 1.94 bits per heavy atom. The summed E-state index contributed by atoms with van der Waals surface area (Å²) in [5.74, 6) is 0. The van der Waals surface area contributed by atoms with Gasteiger partial charge in [-0.25, -0.2) is 0 Å². The number of nitrogens with zero attached hydrogens (tertiary/aromatic N) is 2. The molecule has 1 aliphatic carbocycles. The Labute approximate surface area is 111 Å². The third-order valence-corrected chi connectivity index (χ3v) is 4.76. The maximum Gasteiger partial charge on any atom is 0.0611 e. The lowest BCUT2D eigenvalue weighted by atomic mass is 9.79. The van der Waals surface area contributed by atoms with Crippen molar-refractivity contribution in [3.8, 4) is 0 Å². The number of hydrogen-bond acceptors (Lipinski definition) is 4. The first kappa shape index (κ1) is 14.3. The highest BCUT2D eigenvalue weighted by Gasteiger charge is 2.35. The third-order valence-electron chi connectivity index (χ3n) is 4.76.